The van der Waals surface area contributed by atoms with Gasteiger partial charge in [0.2, 0.25) is 5.43 Å². The number of carbonyl (C=O) groups is 2. The van der Waals surface area contributed by atoms with Gasteiger partial charge in [0.25, 0.3) is 5.91 Å². The second-order valence-corrected chi connectivity index (χ2v) is 6.08. The van der Waals surface area contributed by atoms with Crippen LogP contribution in [-0.4, -0.2) is 28.8 Å². The first-order chi connectivity index (χ1) is 13.0. The van der Waals surface area contributed by atoms with E-state index in [4.69, 9.17) is 16.3 Å². The van der Waals surface area contributed by atoms with E-state index < -0.39 is 17.3 Å². The summed E-state index contributed by atoms with van der Waals surface area (Å²) < 4.78 is 6.26. The number of fused-ring (bicyclic) bond motifs is 1. The molecule has 0 spiro atoms. The number of benzene rings is 2. The average molecular weight is 386 g/mol. The zero-order valence-corrected chi connectivity index (χ0v) is 15.4. The van der Waals surface area contributed by atoms with Crippen LogP contribution in [0.15, 0.2) is 47.3 Å². The fourth-order valence-electron chi connectivity index (χ4n) is 2.71. The summed E-state index contributed by atoms with van der Waals surface area (Å²) in [6.45, 7) is 2.30. The number of hydrogen-bond acceptors (Lipinski definition) is 5. The minimum absolute atomic E-state index is 0.174. The number of carbonyl (C=O) groups excluding carboxylic acids is 2. The van der Waals surface area contributed by atoms with Crippen molar-refractivity contribution < 1.29 is 14.3 Å². The summed E-state index contributed by atoms with van der Waals surface area (Å²) in [5.74, 6) is -1.32. The predicted octanol–water partition coefficient (Wildman–Crippen LogP) is 3.11. The van der Waals surface area contributed by atoms with Gasteiger partial charge in [-0.1, -0.05) is 23.7 Å². The van der Waals surface area contributed by atoms with Crippen LogP contribution in [0.3, 0.4) is 0 Å². The third-order valence-electron chi connectivity index (χ3n) is 4.01. The molecule has 0 saturated heterocycles. The van der Waals surface area contributed by atoms with E-state index in [1.807, 2.05) is 6.92 Å². The molecule has 1 aromatic heterocycles. The van der Waals surface area contributed by atoms with Crippen LogP contribution in [0.5, 0.6) is 0 Å². The quantitative estimate of drug-likeness (QED) is 0.697. The normalized spacial score (nSPS) is 10.6. The van der Waals surface area contributed by atoms with E-state index in [0.29, 0.717) is 22.5 Å². The summed E-state index contributed by atoms with van der Waals surface area (Å²) in [6.07, 6.45) is 0. The predicted molar refractivity (Wildman–Crippen MR) is 102 cm³/mol. The summed E-state index contributed by atoms with van der Waals surface area (Å²) in [4.78, 5) is 37.4. The van der Waals surface area contributed by atoms with Crippen molar-refractivity contribution in [3.05, 3.63) is 69.0 Å². The first-order valence-electron chi connectivity index (χ1n) is 8.15. The average Bonchev–Trinajstić information content (AvgIpc) is 2.68. The number of nitrogens with zero attached hydrogens (tertiary/aromatic N) is 2. The number of anilines is 1. The van der Waals surface area contributed by atoms with Gasteiger partial charge in [0.05, 0.1) is 29.3 Å². The lowest BCUT2D eigenvalue weighted by Crippen LogP contribution is -2.27. The topological polar surface area (TPSA) is 90.3 Å². The first-order valence-corrected chi connectivity index (χ1v) is 8.53. The number of amides is 1. The van der Waals surface area contributed by atoms with Crippen molar-refractivity contribution in [1.29, 1.82) is 0 Å². The second kappa shape index (κ2) is 7.59. The molecule has 0 bridgehead atoms. The highest BCUT2D eigenvalue weighted by Crippen LogP contribution is 2.19. The van der Waals surface area contributed by atoms with Crippen molar-refractivity contribution in [2.45, 2.75) is 13.5 Å². The minimum Gasteiger partial charge on any atom is -0.465 e. The van der Waals surface area contributed by atoms with E-state index in [-0.39, 0.29) is 16.9 Å². The number of methoxy groups -OCH3 is 1. The molecule has 0 radical (unpaired) electrons. The number of esters is 1. The maximum atomic E-state index is 12.8. The zero-order chi connectivity index (χ0) is 19.6. The Bertz CT molecular complexity index is 1110. The summed E-state index contributed by atoms with van der Waals surface area (Å²) in [5.41, 5.74) is 0.160. The van der Waals surface area contributed by atoms with E-state index in [1.165, 1.54) is 19.2 Å². The molecule has 138 valence electrons. The van der Waals surface area contributed by atoms with Crippen LogP contribution >= 0.6 is 11.6 Å². The van der Waals surface area contributed by atoms with Crippen molar-refractivity contribution in [3.63, 3.8) is 0 Å². The highest BCUT2D eigenvalue weighted by Gasteiger charge is 2.20. The monoisotopic (exact) mass is 385 g/mol. The summed E-state index contributed by atoms with van der Waals surface area (Å²) in [7, 11) is 1.25. The Labute approximate surface area is 159 Å². The van der Waals surface area contributed by atoms with E-state index >= 15 is 0 Å². The van der Waals surface area contributed by atoms with E-state index in [1.54, 1.807) is 35.0 Å². The molecule has 3 aromatic rings. The third-order valence-corrected chi connectivity index (χ3v) is 4.25. The molecule has 27 heavy (non-hydrogen) atoms. The molecule has 1 N–H and O–H groups in total. The Kier molecular flexibility index (Phi) is 5.23. The highest BCUT2D eigenvalue weighted by molar-refractivity contribution is 6.31. The number of nitrogens with one attached hydrogen (secondary N) is 1. The number of rotatable bonds is 4. The van der Waals surface area contributed by atoms with Crippen molar-refractivity contribution in [3.8, 4) is 0 Å². The van der Waals surface area contributed by atoms with Crippen LogP contribution in [-0.2, 0) is 11.3 Å². The van der Waals surface area contributed by atoms with Gasteiger partial charge in [-0.25, -0.2) is 4.79 Å². The zero-order valence-electron chi connectivity index (χ0n) is 14.7. The maximum absolute atomic E-state index is 12.8. The number of aryl methyl sites for hydroxylation is 1. The molecule has 8 heteroatoms. The van der Waals surface area contributed by atoms with E-state index in [0.717, 1.165) is 0 Å². The molecule has 7 nitrogen and oxygen atoms in total. The fourth-order valence-corrected chi connectivity index (χ4v) is 2.89. The Hall–Kier alpha value is -3.19. The van der Waals surface area contributed by atoms with Gasteiger partial charge in [0.1, 0.15) is 0 Å². The third kappa shape index (κ3) is 3.54. The smallest absolute Gasteiger partial charge is 0.339 e. The van der Waals surface area contributed by atoms with Crippen LogP contribution in [0.1, 0.15) is 27.8 Å². The summed E-state index contributed by atoms with van der Waals surface area (Å²) in [5, 5.41) is 7.42. The molecule has 3 rings (SSSR count). The summed E-state index contributed by atoms with van der Waals surface area (Å²) in [6, 6.07) is 11.2. The lowest BCUT2D eigenvalue weighted by molar-refractivity contribution is 0.0602. The number of halogens is 1. The summed E-state index contributed by atoms with van der Waals surface area (Å²) >= 11 is 6.00. The van der Waals surface area contributed by atoms with Crippen LogP contribution < -0.4 is 10.7 Å². The molecule has 0 aliphatic carbocycles. The SMILES string of the molecule is CCn1nc(C(=O)Nc2ccccc2C(=O)OC)c(=O)c2cc(Cl)ccc21. The van der Waals surface area contributed by atoms with Gasteiger partial charge in [0.15, 0.2) is 5.69 Å². The number of ether oxygens (including phenoxy) is 1. The van der Waals surface area contributed by atoms with E-state index in [9.17, 15) is 14.4 Å². The Balaban J connectivity index is 2.09. The molecule has 0 unspecified atom stereocenters. The largest absolute Gasteiger partial charge is 0.465 e. The van der Waals surface area contributed by atoms with Crippen molar-refractivity contribution in [2.24, 2.45) is 0 Å². The number of hydrogen-bond donors (Lipinski definition) is 1. The van der Waals surface area contributed by atoms with Crippen LogP contribution in [0.4, 0.5) is 5.69 Å². The lowest BCUT2D eigenvalue weighted by Gasteiger charge is -2.12. The molecule has 2 aromatic carbocycles. The number of para-hydroxylation sites is 1. The number of aromatic nitrogens is 2. The minimum atomic E-state index is -0.722. The van der Waals surface area contributed by atoms with Gasteiger partial charge in [-0.3, -0.25) is 14.3 Å². The van der Waals surface area contributed by atoms with E-state index in [2.05, 4.69) is 10.4 Å². The van der Waals surface area contributed by atoms with Gasteiger partial charge in [-0.15, -0.1) is 0 Å². The van der Waals surface area contributed by atoms with Gasteiger partial charge in [-0.05, 0) is 37.3 Å². The second-order valence-electron chi connectivity index (χ2n) is 5.65. The van der Waals surface area contributed by atoms with Crippen LogP contribution in [0.25, 0.3) is 10.9 Å². The molecule has 0 saturated carbocycles. The Morgan fingerprint density at radius 2 is 1.96 bits per heavy atom. The molecule has 1 amide bonds. The Morgan fingerprint density at radius 1 is 1.22 bits per heavy atom. The first kappa shape index (κ1) is 18.6. The molecule has 1 heterocycles. The molecule has 0 aliphatic heterocycles. The highest BCUT2D eigenvalue weighted by atomic mass is 35.5. The van der Waals surface area contributed by atoms with Gasteiger partial charge in [-0.2, -0.15) is 5.10 Å². The molecule has 0 aliphatic rings. The fraction of sp³-hybridized carbons (Fsp3) is 0.158. The standard InChI is InChI=1S/C19H16ClN3O4/c1-3-23-15-9-8-11(20)10-13(15)17(24)16(22-23)18(25)21-14-7-5-4-6-12(14)19(26)27-2/h4-10H,3H2,1-2H3,(H,21,25). The van der Waals surface area contributed by atoms with Crippen LogP contribution in [0.2, 0.25) is 5.02 Å². The molecular formula is C19H16ClN3O4. The molecule has 0 atom stereocenters. The van der Waals surface area contributed by atoms with Gasteiger partial charge < -0.3 is 10.1 Å². The molecule has 0 fully saturated rings. The van der Waals surface area contributed by atoms with Crippen molar-refractivity contribution in [2.75, 3.05) is 12.4 Å². The van der Waals surface area contributed by atoms with Gasteiger partial charge >= 0.3 is 5.97 Å². The Morgan fingerprint density at radius 3 is 2.67 bits per heavy atom. The van der Waals surface area contributed by atoms with Crippen molar-refractivity contribution in [1.82, 2.24) is 9.78 Å². The molecular weight excluding hydrogens is 370 g/mol. The van der Waals surface area contributed by atoms with Crippen molar-refractivity contribution >= 4 is 40.1 Å². The maximum Gasteiger partial charge on any atom is 0.339 e. The van der Waals surface area contributed by atoms with Crippen LogP contribution in [0, 0.1) is 0 Å². The van der Waals surface area contributed by atoms with Gasteiger partial charge in [0, 0.05) is 11.6 Å². The lowest BCUT2D eigenvalue weighted by atomic mass is 10.1.